The molecule has 0 bridgehead atoms. The molecule has 1 aromatic carbocycles. The van der Waals surface area contributed by atoms with Gasteiger partial charge in [-0.05, 0) is 62.7 Å². The van der Waals surface area contributed by atoms with Crippen LogP contribution in [0.3, 0.4) is 0 Å². The van der Waals surface area contributed by atoms with Crippen LogP contribution in [-0.2, 0) is 27.8 Å². The van der Waals surface area contributed by atoms with Gasteiger partial charge in [-0.15, -0.1) is 16.4 Å². The Balaban J connectivity index is 1.43. The first kappa shape index (κ1) is 27.4. The molecular weight excluding hydrogens is 528 g/mol. The van der Waals surface area contributed by atoms with Crippen molar-refractivity contribution < 1.29 is 23.2 Å². The molecule has 38 heavy (non-hydrogen) atoms. The molecular formula is C25H28N6O5S2. The molecule has 13 heteroatoms. The second-order valence-corrected chi connectivity index (χ2v) is 12.5. The Morgan fingerprint density at radius 2 is 1.89 bits per heavy atom. The fourth-order valence-electron chi connectivity index (χ4n) is 3.55. The van der Waals surface area contributed by atoms with Crippen LogP contribution in [0.2, 0.25) is 0 Å². The highest BCUT2D eigenvalue weighted by atomic mass is 32.2. The zero-order valence-corrected chi connectivity index (χ0v) is 22.7. The lowest BCUT2D eigenvalue weighted by Crippen LogP contribution is -2.32. The van der Waals surface area contributed by atoms with Gasteiger partial charge in [-0.1, -0.05) is 23.4 Å². The summed E-state index contributed by atoms with van der Waals surface area (Å²) in [6, 6.07) is 15.0. The van der Waals surface area contributed by atoms with Gasteiger partial charge in [0, 0.05) is 12.6 Å². The summed E-state index contributed by atoms with van der Waals surface area (Å²) in [5.74, 6) is 0.00955. The van der Waals surface area contributed by atoms with E-state index in [1.54, 1.807) is 42.0 Å². The minimum atomic E-state index is -3.81. The first-order chi connectivity index (χ1) is 18.0. The molecule has 200 valence electrons. The van der Waals surface area contributed by atoms with Crippen LogP contribution in [0.25, 0.3) is 10.6 Å². The van der Waals surface area contributed by atoms with Gasteiger partial charge in [0.1, 0.15) is 21.6 Å². The highest BCUT2D eigenvalue weighted by Gasteiger charge is 2.24. The summed E-state index contributed by atoms with van der Waals surface area (Å²) in [4.78, 5) is 17.4. The minimum Gasteiger partial charge on any atom is -0.488 e. The van der Waals surface area contributed by atoms with Gasteiger partial charge >= 0.3 is 0 Å². The van der Waals surface area contributed by atoms with E-state index in [1.165, 1.54) is 16.9 Å². The van der Waals surface area contributed by atoms with Gasteiger partial charge in [-0.3, -0.25) is 15.0 Å². The van der Waals surface area contributed by atoms with E-state index in [4.69, 9.17) is 4.74 Å². The van der Waals surface area contributed by atoms with Crippen LogP contribution in [0.4, 0.5) is 0 Å². The van der Waals surface area contributed by atoms with E-state index in [-0.39, 0.29) is 22.8 Å². The van der Waals surface area contributed by atoms with E-state index < -0.39 is 22.0 Å². The summed E-state index contributed by atoms with van der Waals surface area (Å²) >= 11 is 1.11. The van der Waals surface area contributed by atoms with Crippen molar-refractivity contribution in [3.63, 3.8) is 0 Å². The third-order valence-electron chi connectivity index (χ3n) is 5.27. The maximum Gasteiger partial charge on any atom is 0.268 e. The Morgan fingerprint density at radius 1 is 1.13 bits per heavy atom. The molecule has 0 aliphatic heterocycles. The molecule has 0 aliphatic carbocycles. The van der Waals surface area contributed by atoms with E-state index in [0.29, 0.717) is 17.1 Å². The van der Waals surface area contributed by atoms with E-state index >= 15 is 0 Å². The summed E-state index contributed by atoms with van der Waals surface area (Å²) in [5, 5.41) is 17.3. The predicted octanol–water partition coefficient (Wildman–Crippen LogP) is 3.35. The summed E-state index contributed by atoms with van der Waals surface area (Å²) in [5.41, 5.74) is 3.12. The molecule has 3 N–H and O–H groups in total. The molecule has 4 aromatic rings. The molecule has 1 unspecified atom stereocenters. The highest BCUT2D eigenvalue weighted by Crippen LogP contribution is 2.29. The zero-order valence-electron chi connectivity index (χ0n) is 21.0. The third kappa shape index (κ3) is 7.01. The number of nitrogens with zero attached hydrogens (tertiary/aromatic N) is 4. The maximum atomic E-state index is 12.8. The summed E-state index contributed by atoms with van der Waals surface area (Å²) in [7, 11) is -3.81. The quantitative estimate of drug-likeness (QED) is 0.199. The van der Waals surface area contributed by atoms with E-state index in [9.17, 15) is 18.4 Å². The first-order valence-electron chi connectivity index (χ1n) is 11.7. The van der Waals surface area contributed by atoms with Gasteiger partial charge < -0.3 is 4.74 Å². The normalized spacial score (nSPS) is 12.7. The first-order valence-corrected chi connectivity index (χ1v) is 14.0. The van der Waals surface area contributed by atoms with Gasteiger partial charge in [-0.25, -0.2) is 23.3 Å². The van der Waals surface area contributed by atoms with Crippen molar-refractivity contribution in [2.24, 2.45) is 0 Å². The molecule has 0 saturated heterocycles. The minimum absolute atomic E-state index is 0.133. The topological polar surface area (TPSA) is 148 Å². The van der Waals surface area contributed by atoms with Crippen molar-refractivity contribution in [1.29, 1.82) is 0 Å². The second kappa shape index (κ2) is 11.4. The number of ether oxygens (including phenoxy) is 1. The van der Waals surface area contributed by atoms with Crippen molar-refractivity contribution in [3.05, 3.63) is 78.2 Å². The molecule has 3 heterocycles. The van der Waals surface area contributed by atoms with Crippen molar-refractivity contribution in [2.45, 2.75) is 49.6 Å². The SMILES string of the molecule is CC(C)(C)Oc1ccc(CC(C(=O)NO)n2cc(CNS(=O)(=O)c3ccc(-c4ccccn4)s3)nn2)cc1. The van der Waals surface area contributed by atoms with Gasteiger partial charge in [-0.2, -0.15) is 0 Å². The molecule has 4 rings (SSSR count). The average Bonchev–Trinajstić information content (AvgIpc) is 3.57. The smallest absolute Gasteiger partial charge is 0.268 e. The van der Waals surface area contributed by atoms with E-state index in [1.807, 2.05) is 39.0 Å². The van der Waals surface area contributed by atoms with Crippen molar-refractivity contribution in [2.75, 3.05) is 0 Å². The molecule has 0 saturated carbocycles. The molecule has 0 spiro atoms. The van der Waals surface area contributed by atoms with Crippen LogP contribution in [0, 0.1) is 0 Å². The van der Waals surface area contributed by atoms with Crippen molar-refractivity contribution in [3.8, 4) is 16.3 Å². The summed E-state index contributed by atoms with van der Waals surface area (Å²) in [6.45, 7) is 5.71. The number of carbonyl (C=O) groups is 1. The largest absolute Gasteiger partial charge is 0.488 e. The second-order valence-electron chi connectivity index (χ2n) is 9.40. The summed E-state index contributed by atoms with van der Waals surface area (Å²) in [6.07, 6.45) is 3.32. The number of nitrogens with one attached hydrogen (secondary N) is 2. The van der Waals surface area contributed by atoms with E-state index in [0.717, 1.165) is 21.8 Å². The van der Waals surface area contributed by atoms with Crippen LogP contribution in [0.1, 0.15) is 38.1 Å². The van der Waals surface area contributed by atoms with Gasteiger partial charge in [0.25, 0.3) is 5.91 Å². The van der Waals surface area contributed by atoms with Crippen LogP contribution in [0.15, 0.2) is 71.2 Å². The number of pyridine rings is 1. The number of carbonyl (C=O) groups excluding carboxylic acids is 1. The number of thiophene rings is 1. The lowest BCUT2D eigenvalue weighted by molar-refractivity contribution is -0.133. The molecule has 1 amide bonds. The number of rotatable bonds is 10. The van der Waals surface area contributed by atoms with E-state index in [2.05, 4.69) is 20.0 Å². The van der Waals surface area contributed by atoms with Gasteiger partial charge in [0.2, 0.25) is 10.0 Å². The maximum absolute atomic E-state index is 12.8. The molecule has 0 radical (unpaired) electrons. The number of aromatic nitrogens is 4. The number of hydrogen-bond donors (Lipinski definition) is 3. The highest BCUT2D eigenvalue weighted by molar-refractivity contribution is 7.91. The Kier molecular flexibility index (Phi) is 8.21. The molecule has 3 aromatic heterocycles. The monoisotopic (exact) mass is 556 g/mol. The van der Waals surface area contributed by atoms with Crippen molar-refractivity contribution >= 4 is 27.3 Å². The Labute approximate surface area is 224 Å². The molecule has 1 atom stereocenters. The number of hydroxylamine groups is 1. The Bertz CT molecular complexity index is 1480. The lowest BCUT2D eigenvalue weighted by atomic mass is 10.1. The standard InChI is InChI=1S/C25H28N6O5S2/c1-25(2,3)36-19-9-7-17(8-10-19)14-21(24(32)29-33)31-16-18(28-30-31)15-27-38(34,35)23-12-11-22(37-23)20-6-4-5-13-26-20/h4-13,16,21,27,33H,14-15H2,1-3H3,(H,29,32). The third-order valence-corrected chi connectivity index (χ3v) is 8.27. The van der Waals surface area contributed by atoms with Gasteiger partial charge in [0.05, 0.1) is 29.0 Å². The van der Waals surface area contributed by atoms with Gasteiger partial charge in [0.15, 0.2) is 0 Å². The van der Waals surface area contributed by atoms with Crippen LogP contribution in [-0.4, -0.2) is 45.1 Å². The lowest BCUT2D eigenvalue weighted by Gasteiger charge is -2.21. The number of amides is 1. The van der Waals surface area contributed by atoms with Crippen LogP contribution < -0.4 is 14.9 Å². The fraction of sp³-hybridized carbons (Fsp3) is 0.280. The Morgan fingerprint density at radius 3 is 2.55 bits per heavy atom. The number of benzene rings is 1. The predicted molar refractivity (Wildman–Crippen MR) is 141 cm³/mol. The number of hydrogen-bond acceptors (Lipinski definition) is 9. The zero-order chi connectivity index (χ0) is 27.3. The van der Waals surface area contributed by atoms with Crippen LogP contribution in [0.5, 0.6) is 5.75 Å². The Hall–Kier alpha value is -3.65. The number of sulfonamides is 1. The fourth-order valence-corrected chi connectivity index (χ4v) is 5.88. The molecule has 0 aliphatic rings. The van der Waals surface area contributed by atoms with Crippen molar-refractivity contribution in [1.82, 2.24) is 30.2 Å². The molecule has 0 fully saturated rings. The van der Waals surface area contributed by atoms with Crippen LogP contribution >= 0.6 is 11.3 Å². The molecule has 11 nitrogen and oxygen atoms in total. The summed E-state index contributed by atoms with van der Waals surface area (Å²) < 4.78 is 35.4. The average molecular weight is 557 g/mol.